The second-order valence-corrected chi connectivity index (χ2v) is 13.2. The van der Waals surface area contributed by atoms with Crippen molar-refractivity contribution in [3.63, 3.8) is 0 Å². The summed E-state index contributed by atoms with van der Waals surface area (Å²) in [5.41, 5.74) is -0.597. The Morgan fingerprint density at radius 3 is 2.12 bits per heavy atom. The first-order valence-corrected chi connectivity index (χ1v) is 11.6. The van der Waals surface area contributed by atoms with Gasteiger partial charge >= 0.3 is 12.1 Å². The Morgan fingerprint density at radius 1 is 1.12 bits per heavy atom. The van der Waals surface area contributed by atoms with Gasteiger partial charge in [-0.25, -0.2) is 9.59 Å². The van der Waals surface area contributed by atoms with Crippen LogP contribution in [0.5, 0.6) is 0 Å². The van der Waals surface area contributed by atoms with Crippen molar-refractivity contribution < 1.29 is 23.5 Å². The molecule has 1 unspecified atom stereocenters. The fourth-order valence-corrected chi connectivity index (χ4v) is 2.53. The first-order chi connectivity index (χ1) is 11.2. The summed E-state index contributed by atoms with van der Waals surface area (Å²) in [6, 6.07) is -0.478. The number of alkyl carbamates (subject to hydrolysis) is 1. The summed E-state index contributed by atoms with van der Waals surface area (Å²) in [6.07, 6.45) is 2.33. The van der Waals surface area contributed by atoms with Crippen molar-refractivity contribution in [2.45, 2.75) is 78.2 Å². The van der Waals surface area contributed by atoms with E-state index in [2.05, 4.69) is 39.2 Å². The minimum absolute atomic E-state index is 0.0499. The summed E-state index contributed by atoms with van der Waals surface area (Å²) in [6.45, 7) is 18.4. The van der Waals surface area contributed by atoms with Gasteiger partial charge in [-0.2, -0.15) is 0 Å². The highest BCUT2D eigenvalue weighted by atomic mass is 28.4. The van der Waals surface area contributed by atoms with Crippen LogP contribution in [0.1, 0.15) is 48.5 Å². The average molecular weight is 374 g/mol. The van der Waals surface area contributed by atoms with Crippen LogP contribution in [0.15, 0.2) is 12.2 Å². The predicted octanol–water partition coefficient (Wildman–Crippen LogP) is 4.02. The monoisotopic (exact) mass is 373 g/mol. The van der Waals surface area contributed by atoms with Gasteiger partial charge in [0.2, 0.25) is 0 Å². The lowest BCUT2D eigenvalue weighted by molar-refractivity contribution is -0.137. The van der Waals surface area contributed by atoms with Gasteiger partial charge in [-0.1, -0.05) is 26.8 Å². The summed E-state index contributed by atoms with van der Waals surface area (Å²) in [5, 5.41) is 2.79. The Hall–Kier alpha value is -1.34. The number of rotatable bonds is 7. The first kappa shape index (κ1) is 23.7. The third kappa shape index (κ3) is 10.3. The molecule has 0 saturated carbocycles. The maximum absolute atomic E-state index is 12.0. The number of hydrogen-bond donors (Lipinski definition) is 1. The molecule has 1 N–H and O–H groups in total. The molecule has 0 aromatic rings. The number of carbonyl (C=O) groups is 2. The molecule has 6 nitrogen and oxygen atoms in total. The summed E-state index contributed by atoms with van der Waals surface area (Å²) in [7, 11) is -1.98. The van der Waals surface area contributed by atoms with E-state index < -0.39 is 32.0 Å². The third-order valence-corrected chi connectivity index (χ3v) is 8.38. The second-order valence-electron chi connectivity index (χ2n) is 8.44. The van der Waals surface area contributed by atoms with Gasteiger partial charge in [0.15, 0.2) is 8.32 Å². The molecule has 0 radical (unpaired) electrons. The molecular weight excluding hydrogens is 338 g/mol. The van der Waals surface area contributed by atoms with Crippen LogP contribution in [0.4, 0.5) is 4.79 Å². The highest BCUT2D eigenvalue weighted by Gasteiger charge is 2.37. The van der Waals surface area contributed by atoms with E-state index in [-0.39, 0.29) is 11.6 Å². The van der Waals surface area contributed by atoms with E-state index >= 15 is 0 Å². The Kier molecular flexibility index (Phi) is 8.88. The Bertz CT molecular complexity index is 475. The van der Waals surface area contributed by atoms with Crippen molar-refractivity contribution in [1.82, 2.24) is 5.32 Å². The fraction of sp³-hybridized carbons (Fsp3) is 0.778. The normalized spacial score (nSPS) is 14.3. The molecule has 0 rings (SSSR count). The largest absolute Gasteiger partial charge is 0.463 e. The van der Waals surface area contributed by atoms with Crippen molar-refractivity contribution in [2.24, 2.45) is 0 Å². The van der Waals surface area contributed by atoms with E-state index in [1.807, 2.05) is 0 Å². The van der Waals surface area contributed by atoms with Gasteiger partial charge in [0.05, 0.1) is 19.3 Å². The van der Waals surface area contributed by atoms with Gasteiger partial charge < -0.3 is 19.2 Å². The molecule has 146 valence electrons. The summed E-state index contributed by atoms with van der Waals surface area (Å²) >= 11 is 0. The van der Waals surface area contributed by atoms with Crippen LogP contribution in [0.2, 0.25) is 18.1 Å². The maximum Gasteiger partial charge on any atom is 0.408 e. The zero-order valence-electron chi connectivity index (χ0n) is 17.2. The van der Waals surface area contributed by atoms with Crippen molar-refractivity contribution in [3.05, 3.63) is 12.2 Å². The maximum atomic E-state index is 12.0. The molecule has 1 atom stereocenters. The van der Waals surface area contributed by atoms with Crippen LogP contribution in [-0.4, -0.2) is 45.2 Å². The molecular formula is C18H35NO5Si. The van der Waals surface area contributed by atoms with Crippen LogP contribution in [0.3, 0.4) is 0 Å². The minimum Gasteiger partial charge on any atom is -0.463 e. The minimum atomic E-state index is -1.98. The molecule has 0 aliphatic rings. The molecule has 0 aliphatic heterocycles. The van der Waals surface area contributed by atoms with Crippen LogP contribution in [0.25, 0.3) is 0 Å². The van der Waals surface area contributed by atoms with E-state index in [1.165, 1.54) is 6.08 Å². The van der Waals surface area contributed by atoms with Gasteiger partial charge in [0.25, 0.3) is 0 Å². The van der Waals surface area contributed by atoms with E-state index in [4.69, 9.17) is 13.9 Å². The van der Waals surface area contributed by atoms with Crippen molar-refractivity contribution >= 4 is 20.4 Å². The number of esters is 1. The molecule has 0 spiro atoms. The smallest absolute Gasteiger partial charge is 0.408 e. The zero-order chi connectivity index (χ0) is 19.9. The molecule has 1 amide bonds. The number of ether oxygens (including phenoxy) is 2. The average Bonchev–Trinajstić information content (AvgIpc) is 2.38. The highest BCUT2D eigenvalue weighted by molar-refractivity contribution is 6.74. The quantitative estimate of drug-likeness (QED) is 0.414. The standard InChI is InChI=1S/C18H35NO5Si/c1-10-22-15(20)12-11-14(19-16(21)24-17(2,3)4)13-23-25(8,9)18(5,6)7/h11-12,14H,10,13H2,1-9H3,(H,19,21)/b12-11+. The molecule has 0 saturated heterocycles. The Morgan fingerprint density at radius 2 is 1.68 bits per heavy atom. The molecule has 0 fully saturated rings. The van der Waals surface area contributed by atoms with Crippen LogP contribution in [0, 0.1) is 0 Å². The lowest BCUT2D eigenvalue weighted by Crippen LogP contribution is -2.46. The van der Waals surface area contributed by atoms with Crippen LogP contribution < -0.4 is 5.32 Å². The SMILES string of the molecule is CCOC(=O)/C=C/C(CO[Si](C)(C)C(C)(C)C)NC(=O)OC(C)(C)C. The molecule has 0 aliphatic carbocycles. The van der Waals surface area contributed by atoms with E-state index in [0.29, 0.717) is 6.61 Å². The van der Waals surface area contributed by atoms with Crippen molar-refractivity contribution in [2.75, 3.05) is 13.2 Å². The Balaban J connectivity index is 5.01. The molecule has 0 bridgehead atoms. The molecule has 0 heterocycles. The number of nitrogens with one attached hydrogen (secondary N) is 1. The van der Waals surface area contributed by atoms with Gasteiger partial charge in [-0.05, 0) is 45.8 Å². The predicted molar refractivity (Wildman–Crippen MR) is 102 cm³/mol. The van der Waals surface area contributed by atoms with E-state index in [1.54, 1.807) is 33.8 Å². The Labute approximate surface area is 153 Å². The second kappa shape index (κ2) is 9.38. The van der Waals surface area contributed by atoms with Gasteiger partial charge in [-0.15, -0.1) is 0 Å². The molecule has 25 heavy (non-hydrogen) atoms. The third-order valence-electron chi connectivity index (χ3n) is 3.88. The molecule has 0 aromatic carbocycles. The molecule has 7 heteroatoms. The number of amides is 1. The van der Waals surface area contributed by atoms with Gasteiger partial charge in [-0.3, -0.25) is 0 Å². The van der Waals surface area contributed by atoms with Gasteiger partial charge in [0.1, 0.15) is 5.60 Å². The van der Waals surface area contributed by atoms with Crippen LogP contribution in [-0.2, 0) is 18.7 Å². The lowest BCUT2D eigenvalue weighted by Gasteiger charge is -2.37. The topological polar surface area (TPSA) is 73.9 Å². The van der Waals surface area contributed by atoms with Crippen molar-refractivity contribution in [1.29, 1.82) is 0 Å². The van der Waals surface area contributed by atoms with Crippen LogP contribution >= 0.6 is 0 Å². The summed E-state index contributed by atoms with van der Waals surface area (Å²) in [5.74, 6) is -0.453. The highest BCUT2D eigenvalue weighted by Crippen LogP contribution is 2.36. The molecule has 0 aromatic heterocycles. The number of carbonyl (C=O) groups excluding carboxylic acids is 2. The van der Waals surface area contributed by atoms with E-state index in [0.717, 1.165) is 0 Å². The zero-order valence-corrected chi connectivity index (χ0v) is 18.2. The lowest BCUT2D eigenvalue weighted by atomic mass is 10.2. The first-order valence-electron chi connectivity index (χ1n) is 8.66. The van der Waals surface area contributed by atoms with E-state index in [9.17, 15) is 9.59 Å². The summed E-state index contributed by atoms with van der Waals surface area (Å²) in [4.78, 5) is 23.6. The number of hydrogen-bond acceptors (Lipinski definition) is 5. The fourth-order valence-electron chi connectivity index (χ4n) is 1.50. The van der Waals surface area contributed by atoms with Gasteiger partial charge in [0, 0.05) is 6.08 Å². The summed E-state index contributed by atoms with van der Waals surface area (Å²) < 4.78 is 16.3. The van der Waals surface area contributed by atoms with Crippen molar-refractivity contribution in [3.8, 4) is 0 Å².